The van der Waals surface area contributed by atoms with Crippen molar-refractivity contribution in [2.45, 2.75) is 37.8 Å². The van der Waals surface area contributed by atoms with E-state index in [9.17, 15) is 0 Å². The number of nitrogens with two attached hydrogens (primary N) is 2. The van der Waals surface area contributed by atoms with Gasteiger partial charge in [-0.05, 0) is 54.8 Å². The minimum atomic E-state index is 0.0174. The van der Waals surface area contributed by atoms with Gasteiger partial charge in [-0.15, -0.1) is 0 Å². The lowest BCUT2D eigenvalue weighted by molar-refractivity contribution is 0.405. The topological polar surface area (TPSA) is 124 Å². The highest BCUT2D eigenvalue weighted by atomic mass is 16.5. The van der Waals surface area contributed by atoms with Gasteiger partial charge in [0, 0.05) is 17.8 Å². The molecule has 0 saturated heterocycles. The summed E-state index contributed by atoms with van der Waals surface area (Å²) in [6.45, 7) is 0. The van der Waals surface area contributed by atoms with E-state index in [1.54, 1.807) is 19.5 Å². The van der Waals surface area contributed by atoms with Gasteiger partial charge in [-0.25, -0.2) is 15.0 Å². The highest BCUT2D eigenvalue weighted by Gasteiger charge is 2.26. The van der Waals surface area contributed by atoms with E-state index in [1.165, 1.54) is 0 Å². The molecule has 0 unspecified atom stereocenters. The van der Waals surface area contributed by atoms with Crippen molar-refractivity contribution in [2.24, 2.45) is 16.5 Å². The van der Waals surface area contributed by atoms with Crippen LogP contribution >= 0.6 is 0 Å². The van der Waals surface area contributed by atoms with Crippen molar-refractivity contribution in [3.8, 4) is 5.75 Å². The lowest BCUT2D eigenvalue weighted by atomic mass is 9.90. The highest BCUT2D eigenvalue weighted by Crippen LogP contribution is 2.29. The fourth-order valence-electron chi connectivity index (χ4n) is 3.88. The minimum absolute atomic E-state index is 0.0174. The Hall–Kier alpha value is -3.68. The molecule has 0 bridgehead atoms. The monoisotopic (exact) mass is 417 g/mol. The molecule has 0 radical (unpaired) electrons. The van der Waals surface area contributed by atoms with Crippen molar-refractivity contribution in [3.05, 3.63) is 54.1 Å². The number of methoxy groups -OCH3 is 1. The average molecular weight is 418 g/mol. The molecule has 8 nitrogen and oxygen atoms in total. The quantitative estimate of drug-likeness (QED) is 0.415. The summed E-state index contributed by atoms with van der Waals surface area (Å²) in [6, 6.07) is 9.78. The lowest BCUT2D eigenvalue weighted by Crippen LogP contribution is -2.38. The smallest absolute Gasteiger partial charge is 0.186 e. The van der Waals surface area contributed by atoms with Crippen LogP contribution < -0.4 is 21.5 Å². The van der Waals surface area contributed by atoms with Gasteiger partial charge in [0.25, 0.3) is 0 Å². The van der Waals surface area contributed by atoms with Gasteiger partial charge in [0.2, 0.25) is 0 Å². The van der Waals surface area contributed by atoms with E-state index in [4.69, 9.17) is 26.2 Å². The zero-order valence-electron chi connectivity index (χ0n) is 17.5. The molecular weight excluding hydrogens is 390 g/mol. The van der Waals surface area contributed by atoms with Crippen LogP contribution in [0.4, 0.5) is 5.82 Å². The van der Waals surface area contributed by atoms with Crippen LogP contribution in [-0.4, -0.2) is 40.1 Å². The Bertz CT molecular complexity index is 1090. The standard InChI is InChI=1S/C23H27N7O/c1-31-16-9-10-18-17(13-16)22(28-19-6-2-3-7-20(19)29-23(24)25)30-21(27-18)11-8-15-5-4-12-26-14-15/h4-5,8-14,19-20H,2-3,6-7H2,1H3,(H4,24,25,29)(H,27,28,30)/b11-8-/t19-,20+/m0/s1. The number of guanidine groups is 1. The van der Waals surface area contributed by atoms with Crippen molar-refractivity contribution < 1.29 is 4.74 Å². The SMILES string of the molecule is COc1ccc2nc(/C=C\c3cccnc3)nc(N[C@H]3CCCC[C@H]3N=C(N)N)c2c1. The zero-order chi connectivity index (χ0) is 21.6. The van der Waals surface area contributed by atoms with E-state index in [1.807, 2.05) is 42.5 Å². The molecule has 1 aliphatic rings. The van der Waals surface area contributed by atoms with Crippen LogP contribution in [0.1, 0.15) is 37.1 Å². The van der Waals surface area contributed by atoms with Crippen LogP contribution in [0.2, 0.25) is 0 Å². The number of nitrogens with zero attached hydrogens (tertiary/aromatic N) is 4. The highest BCUT2D eigenvalue weighted by molar-refractivity contribution is 5.91. The number of anilines is 1. The number of benzene rings is 1. The molecule has 0 amide bonds. The third kappa shape index (κ3) is 5.09. The molecule has 0 spiro atoms. The van der Waals surface area contributed by atoms with E-state index >= 15 is 0 Å². The van der Waals surface area contributed by atoms with Crippen LogP contribution in [-0.2, 0) is 0 Å². The van der Waals surface area contributed by atoms with Crippen LogP contribution in [0, 0.1) is 0 Å². The summed E-state index contributed by atoms with van der Waals surface area (Å²) in [7, 11) is 1.65. The molecule has 2 heterocycles. The van der Waals surface area contributed by atoms with Gasteiger partial charge in [0.1, 0.15) is 11.6 Å². The van der Waals surface area contributed by atoms with Gasteiger partial charge < -0.3 is 21.5 Å². The van der Waals surface area contributed by atoms with Gasteiger partial charge >= 0.3 is 0 Å². The lowest BCUT2D eigenvalue weighted by Gasteiger charge is -2.30. The van der Waals surface area contributed by atoms with Crippen LogP contribution in [0.5, 0.6) is 5.75 Å². The Labute approximate surface area is 181 Å². The Morgan fingerprint density at radius 3 is 2.81 bits per heavy atom. The fourth-order valence-corrected chi connectivity index (χ4v) is 3.88. The van der Waals surface area contributed by atoms with Gasteiger partial charge in [-0.3, -0.25) is 4.98 Å². The Balaban J connectivity index is 1.72. The fraction of sp³-hybridized carbons (Fsp3) is 0.304. The summed E-state index contributed by atoms with van der Waals surface area (Å²) in [4.78, 5) is 18.1. The van der Waals surface area contributed by atoms with Crippen molar-refractivity contribution >= 4 is 34.8 Å². The maximum atomic E-state index is 5.67. The van der Waals surface area contributed by atoms with E-state index in [0.717, 1.165) is 53.7 Å². The van der Waals surface area contributed by atoms with E-state index in [2.05, 4.69) is 15.3 Å². The van der Waals surface area contributed by atoms with Crippen LogP contribution in [0.3, 0.4) is 0 Å². The van der Waals surface area contributed by atoms with E-state index in [0.29, 0.717) is 5.82 Å². The number of hydrogen-bond donors (Lipinski definition) is 3. The molecule has 160 valence electrons. The molecule has 3 aromatic rings. The van der Waals surface area contributed by atoms with Crippen molar-refractivity contribution in [2.75, 3.05) is 12.4 Å². The van der Waals surface area contributed by atoms with Gasteiger partial charge in [0.05, 0.1) is 24.7 Å². The van der Waals surface area contributed by atoms with Gasteiger partial charge in [0.15, 0.2) is 11.8 Å². The first-order valence-electron chi connectivity index (χ1n) is 10.4. The summed E-state index contributed by atoms with van der Waals surface area (Å²) >= 11 is 0. The first-order chi connectivity index (χ1) is 15.1. The molecule has 2 atom stereocenters. The van der Waals surface area contributed by atoms with Gasteiger partial charge in [-0.2, -0.15) is 0 Å². The molecule has 1 aromatic carbocycles. The molecule has 1 aliphatic carbocycles. The number of pyridine rings is 1. The molecular formula is C23H27N7O. The molecule has 0 aliphatic heterocycles. The number of hydrogen-bond acceptors (Lipinski definition) is 6. The average Bonchev–Trinajstić information content (AvgIpc) is 2.79. The second kappa shape index (κ2) is 9.42. The summed E-state index contributed by atoms with van der Waals surface area (Å²) in [5.74, 6) is 2.23. The Morgan fingerprint density at radius 1 is 1.16 bits per heavy atom. The molecule has 4 rings (SSSR count). The van der Waals surface area contributed by atoms with Crippen LogP contribution in [0.25, 0.3) is 23.1 Å². The first kappa shape index (κ1) is 20.6. The maximum Gasteiger partial charge on any atom is 0.186 e. The van der Waals surface area contributed by atoms with Crippen LogP contribution in [0.15, 0.2) is 47.7 Å². The second-order valence-electron chi connectivity index (χ2n) is 7.59. The van der Waals surface area contributed by atoms with E-state index < -0.39 is 0 Å². The number of ether oxygens (including phenoxy) is 1. The summed E-state index contributed by atoms with van der Waals surface area (Å²) in [6.07, 6.45) is 11.5. The molecule has 2 aromatic heterocycles. The minimum Gasteiger partial charge on any atom is -0.497 e. The Morgan fingerprint density at radius 2 is 2.03 bits per heavy atom. The van der Waals surface area contributed by atoms with Crippen molar-refractivity contribution in [3.63, 3.8) is 0 Å². The molecule has 1 fully saturated rings. The summed E-state index contributed by atoms with van der Waals surface area (Å²) in [5.41, 5.74) is 13.2. The number of aromatic nitrogens is 3. The van der Waals surface area contributed by atoms with E-state index in [-0.39, 0.29) is 18.0 Å². The molecule has 1 saturated carbocycles. The normalized spacial score (nSPS) is 18.7. The predicted molar refractivity (Wildman–Crippen MR) is 125 cm³/mol. The van der Waals surface area contributed by atoms with Crippen molar-refractivity contribution in [1.82, 2.24) is 15.0 Å². The third-order valence-corrected chi connectivity index (χ3v) is 5.40. The zero-order valence-corrected chi connectivity index (χ0v) is 17.5. The Kier molecular flexibility index (Phi) is 6.26. The largest absolute Gasteiger partial charge is 0.497 e. The molecule has 5 N–H and O–H groups in total. The second-order valence-corrected chi connectivity index (χ2v) is 7.59. The third-order valence-electron chi connectivity index (χ3n) is 5.40. The maximum absolute atomic E-state index is 5.67. The number of aliphatic imine (C=N–C) groups is 1. The van der Waals surface area contributed by atoms with Gasteiger partial charge in [-0.1, -0.05) is 18.9 Å². The van der Waals surface area contributed by atoms with Crippen molar-refractivity contribution in [1.29, 1.82) is 0 Å². The number of rotatable bonds is 6. The molecule has 8 heteroatoms. The molecule has 31 heavy (non-hydrogen) atoms. The summed E-state index contributed by atoms with van der Waals surface area (Å²) in [5, 5.41) is 4.49. The number of fused-ring (bicyclic) bond motifs is 1. The predicted octanol–water partition coefficient (Wildman–Crippen LogP) is 3.20. The summed E-state index contributed by atoms with van der Waals surface area (Å²) < 4.78 is 5.42. The first-order valence-corrected chi connectivity index (χ1v) is 10.4. The number of nitrogens with one attached hydrogen (secondary N) is 1.